The molecule has 1 N–H and O–H groups in total. The van der Waals surface area contributed by atoms with Crippen LogP contribution in [-0.2, 0) is 13.1 Å². The van der Waals surface area contributed by atoms with Gasteiger partial charge in [0.1, 0.15) is 0 Å². The number of pyridine rings is 1. The number of methoxy groups -OCH3 is 1. The second-order valence-electron chi connectivity index (χ2n) is 6.53. The molecule has 1 aromatic carbocycles. The molecule has 0 bridgehead atoms. The van der Waals surface area contributed by atoms with E-state index in [2.05, 4.69) is 21.3 Å². The quantitative estimate of drug-likeness (QED) is 0.873. The minimum Gasteiger partial charge on any atom is -0.494 e. The van der Waals surface area contributed by atoms with Gasteiger partial charge in [-0.05, 0) is 62.2 Å². The van der Waals surface area contributed by atoms with Gasteiger partial charge < -0.3 is 10.1 Å². The highest BCUT2D eigenvalue weighted by Gasteiger charge is 2.21. The highest BCUT2D eigenvalue weighted by atomic mass is 19.1. The van der Waals surface area contributed by atoms with Gasteiger partial charge in [-0.2, -0.15) is 0 Å². The van der Waals surface area contributed by atoms with E-state index in [1.54, 1.807) is 12.1 Å². The summed E-state index contributed by atoms with van der Waals surface area (Å²) in [5.74, 6) is -0.0148. The molecule has 5 heteroatoms. The molecule has 1 atom stereocenters. The first-order valence-electron chi connectivity index (χ1n) is 8.93. The van der Waals surface area contributed by atoms with Crippen LogP contribution < -0.4 is 10.1 Å². The Morgan fingerprint density at radius 2 is 2.12 bits per heavy atom. The van der Waals surface area contributed by atoms with Crippen LogP contribution in [0.3, 0.4) is 0 Å². The third-order valence-corrected chi connectivity index (χ3v) is 4.75. The lowest BCUT2D eigenvalue weighted by Crippen LogP contribution is -2.35. The van der Waals surface area contributed by atoms with Crippen LogP contribution in [0.2, 0.25) is 0 Å². The third kappa shape index (κ3) is 5.00. The fourth-order valence-electron chi connectivity index (χ4n) is 3.42. The highest BCUT2D eigenvalue weighted by molar-refractivity contribution is 5.29. The smallest absolute Gasteiger partial charge is 0.165 e. The number of rotatable bonds is 6. The number of hydrogen-bond acceptors (Lipinski definition) is 4. The fourth-order valence-corrected chi connectivity index (χ4v) is 3.42. The molecule has 0 spiro atoms. The molecular weight excluding hydrogens is 317 g/mol. The van der Waals surface area contributed by atoms with Gasteiger partial charge in [-0.15, -0.1) is 0 Å². The van der Waals surface area contributed by atoms with Crippen molar-refractivity contribution in [2.75, 3.05) is 20.2 Å². The van der Waals surface area contributed by atoms with Gasteiger partial charge in [0.2, 0.25) is 0 Å². The van der Waals surface area contributed by atoms with Crippen LogP contribution in [0.15, 0.2) is 42.6 Å². The van der Waals surface area contributed by atoms with Crippen LogP contribution in [0, 0.1) is 5.82 Å². The van der Waals surface area contributed by atoms with Gasteiger partial charge in [0.05, 0.1) is 12.8 Å². The number of aromatic nitrogens is 1. The summed E-state index contributed by atoms with van der Waals surface area (Å²) in [6.45, 7) is 3.59. The second-order valence-corrected chi connectivity index (χ2v) is 6.53. The van der Waals surface area contributed by atoms with Gasteiger partial charge in [-0.3, -0.25) is 9.88 Å². The Hall–Kier alpha value is -1.98. The average molecular weight is 343 g/mol. The van der Waals surface area contributed by atoms with Gasteiger partial charge in [0.15, 0.2) is 11.6 Å². The van der Waals surface area contributed by atoms with E-state index in [0.29, 0.717) is 18.3 Å². The van der Waals surface area contributed by atoms with Crippen LogP contribution in [0.4, 0.5) is 4.39 Å². The van der Waals surface area contributed by atoms with E-state index in [-0.39, 0.29) is 5.82 Å². The van der Waals surface area contributed by atoms with Crippen molar-refractivity contribution >= 4 is 0 Å². The standard InChI is InChI=1S/C20H26FN3O/c1-25-20-8-7-16(13-19(20)21)14-24(15-17-5-2-3-11-23-17)18-6-4-10-22-12-9-18/h2-3,5,7-8,11,13,18,22H,4,6,9-10,12,14-15H2,1H3. The van der Waals surface area contributed by atoms with E-state index in [9.17, 15) is 4.39 Å². The first-order valence-corrected chi connectivity index (χ1v) is 8.93. The summed E-state index contributed by atoms with van der Waals surface area (Å²) >= 11 is 0. The highest BCUT2D eigenvalue weighted by Crippen LogP contribution is 2.22. The van der Waals surface area contributed by atoms with E-state index in [1.807, 2.05) is 24.4 Å². The topological polar surface area (TPSA) is 37.4 Å². The van der Waals surface area contributed by atoms with E-state index in [0.717, 1.165) is 43.7 Å². The minimum absolute atomic E-state index is 0.290. The maximum Gasteiger partial charge on any atom is 0.165 e. The molecule has 1 aliphatic heterocycles. The molecule has 134 valence electrons. The van der Waals surface area contributed by atoms with E-state index in [4.69, 9.17) is 4.74 Å². The molecule has 3 rings (SSSR count). The molecule has 25 heavy (non-hydrogen) atoms. The first-order chi connectivity index (χ1) is 12.3. The number of halogens is 1. The van der Waals surface area contributed by atoms with Crippen molar-refractivity contribution in [1.29, 1.82) is 0 Å². The predicted octanol–water partition coefficient (Wildman–Crippen LogP) is 3.37. The van der Waals surface area contributed by atoms with Crippen LogP contribution >= 0.6 is 0 Å². The van der Waals surface area contributed by atoms with Crippen LogP contribution in [0.1, 0.15) is 30.5 Å². The van der Waals surface area contributed by atoms with Gasteiger partial charge >= 0.3 is 0 Å². The van der Waals surface area contributed by atoms with Crippen LogP contribution in [-0.4, -0.2) is 36.1 Å². The lowest BCUT2D eigenvalue weighted by Gasteiger charge is -2.31. The van der Waals surface area contributed by atoms with Crippen LogP contribution in [0.25, 0.3) is 0 Å². The Balaban J connectivity index is 1.78. The largest absolute Gasteiger partial charge is 0.494 e. The van der Waals surface area contributed by atoms with Crippen molar-refractivity contribution in [2.45, 2.75) is 38.4 Å². The maximum atomic E-state index is 14.1. The second kappa shape index (κ2) is 8.92. The molecule has 2 heterocycles. The lowest BCUT2D eigenvalue weighted by molar-refractivity contribution is 0.162. The molecule has 1 saturated heterocycles. The van der Waals surface area contributed by atoms with E-state index in [1.165, 1.54) is 13.5 Å². The Morgan fingerprint density at radius 3 is 2.88 bits per heavy atom. The molecule has 0 aliphatic carbocycles. The summed E-state index contributed by atoms with van der Waals surface area (Å²) in [6, 6.07) is 11.7. The Morgan fingerprint density at radius 1 is 1.20 bits per heavy atom. The number of hydrogen-bond donors (Lipinski definition) is 1. The zero-order valence-corrected chi connectivity index (χ0v) is 14.7. The predicted molar refractivity (Wildman–Crippen MR) is 96.9 cm³/mol. The van der Waals surface area contributed by atoms with E-state index >= 15 is 0 Å². The van der Waals surface area contributed by atoms with Gasteiger partial charge in [0, 0.05) is 25.3 Å². The SMILES string of the molecule is COc1ccc(CN(Cc2ccccn2)C2CCCNCC2)cc1F. The molecule has 0 saturated carbocycles. The summed E-state index contributed by atoms with van der Waals surface area (Å²) in [4.78, 5) is 6.90. The average Bonchev–Trinajstić information content (AvgIpc) is 2.92. The zero-order valence-electron chi connectivity index (χ0n) is 14.7. The van der Waals surface area contributed by atoms with Crippen molar-refractivity contribution in [3.63, 3.8) is 0 Å². The van der Waals surface area contributed by atoms with Crippen molar-refractivity contribution in [1.82, 2.24) is 15.2 Å². The number of nitrogens with one attached hydrogen (secondary N) is 1. The zero-order chi connectivity index (χ0) is 17.5. The third-order valence-electron chi connectivity index (χ3n) is 4.75. The summed E-state index contributed by atoms with van der Waals surface area (Å²) in [5.41, 5.74) is 2.01. The fraction of sp³-hybridized carbons (Fsp3) is 0.450. The van der Waals surface area contributed by atoms with Crippen LogP contribution in [0.5, 0.6) is 5.75 Å². The molecular formula is C20H26FN3O. The molecule has 1 aliphatic rings. The molecule has 1 fully saturated rings. The first kappa shape index (κ1) is 17.8. The molecule has 4 nitrogen and oxygen atoms in total. The summed E-state index contributed by atoms with van der Waals surface area (Å²) < 4.78 is 19.1. The molecule has 0 radical (unpaired) electrons. The van der Waals surface area contributed by atoms with Gasteiger partial charge in [-0.25, -0.2) is 4.39 Å². The monoisotopic (exact) mass is 343 g/mol. The minimum atomic E-state index is -0.305. The number of ether oxygens (including phenoxy) is 1. The van der Waals surface area contributed by atoms with E-state index < -0.39 is 0 Å². The summed E-state index contributed by atoms with van der Waals surface area (Å²) in [6.07, 6.45) is 5.25. The Bertz CT molecular complexity index is 657. The Kier molecular flexibility index (Phi) is 6.36. The normalized spacial score (nSPS) is 18.1. The molecule has 1 aromatic heterocycles. The summed E-state index contributed by atoms with van der Waals surface area (Å²) in [5, 5.41) is 3.47. The van der Waals surface area contributed by atoms with Gasteiger partial charge in [0.25, 0.3) is 0 Å². The van der Waals surface area contributed by atoms with Crippen molar-refractivity contribution in [2.24, 2.45) is 0 Å². The molecule has 0 amide bonds. The number of nitrogens with zero attached hydrogens (tertiary/aromatic N) is 2. The van der Waals surface area contributed by atoms with Crippen molar-refractivity contribution in [3.05, 3.63) is 59.7 Å². The molecule has 2 aromatic rings. The number of benzene rings is 1. The lowest BCUT2D eigenvalue weighted by atomic mass is 10.1. The van der Waals surface area contributed by atoms with Crippen molar-refractivity contribution in [3.8, 4) is 5.75 Å². The summed E-state index contributed by atoms with van der Waals surface area (Å²) in [7, 11) is 1.49. The maximum absolute atomic E-state index is 14.1. The van der Waals surface area contributed by atoms with Gasteiger partial charge in [-0.1, -0.05) is 12.1 Å². The molecule has 1 unspecified atom stereocenters. The Labute approximate surface area is 149 Å². The van der Waals surface area contributed by atoms with Crippen molar-refractivity contribution < 1.29 is 9.13 Å².